The predicted molar refractivity (Wildman–Crippen MR) is 91.9 cm³/mol. The van der Waals surface area contributed by atoms with Gasteiger partial charge in [0.1, 0.15) is 0 Å². The second-order valence-electron chi connectivity index (χ2n) is 5.86. The molecule has 0 spiro atoms. The van der Waals surface area contributed by atoms with Gasteiger partial charge in [0.05, 0.1) is 13.2 Å². The summed E-state index contributed by atoms with van der Waals surface area (Å²) in [6, 6.07) is 6.05. The summed E-state index contributed by atoms with van der Waals surface area (Å²) in [5, 5.41) is 0.778. The Kier molecular flexibility index (Phi) is 6.09. The standard InChI is InChI=1S/C16H24BrClN2O/c1-3-16(2,20-6-8-21-9-7-20)15(19)10-12-4-5-13(17)11-14(12)18/h4-5,11,15H,3,6-10,19H2,1-2H3. The summed E-state index contributed by atoms with van der Waals surface area (Å²) in [5.41, 5.74) is 7.66. The molecule has 1 heterocycles. The molecule has 2 unspecified atom stereocenters. The van der Waals surface area contributed by atoms with Crippen molar-refractivity contribution in [1.82, 2.24) is 4.90 Å². The van der Waals surface area contributed by atoms with Gasteiger partial charge in [-0.15, -0.1) is 0 Å². The number of nitrogens with two attached hydrogens (primary N) is 1. The first-order chi connectivity index (χ1) is 9.97. The van der Waals surface area contributed by atoms with Crippen LogP contribution in [0.2, 0.25) is 5.02 Å². The maximum Gasteiger partial charge on any atom is 0.0594 e. The molecule has 1 saturated heterocycles. The summed E-state index contributed by atoms with van der Waals surface area (Å²) < 4.78 is 6.46. The minimum absolute atomic E-state index is 0.0276. The van der Waals surface area contributed by atoms with Gasteiger partial charge in [-0.2, -0.15) is 0 Å². The quantitative estimate of drug-likeness (QED) is 0.856. The molecule has 1 aromatic rings. The molecule has 2 rings (SSSR count). The molecule has 5 heteroatoms. The lowest BCUT2D eigenvalue weighted by Gasteiger charge is -2.46. The van der Waals surface area contributed by atoms with Gasteiger partial charge < -0.3 is 10.5 Å². The largest absolute Gasteiger partial charge is 0.379 e. The van der Waals surface area contributed by atoms with Gasteiger partial charge in [-0.05, 0) is 37.5 Å². The van der Waals surface area contributed by atoms with Gasteiger partial charge in [0.25, 0.3) is 0 Å². The highest BCUT2D eigenvalue weighted by Gasteiger charge is 2.37. The minimum Gasteiger partial charge on any atom is -0.379 e. The molecule has 3 nitrogen and oxygen atoms in total. The van der Waals surface area contributed by atoms with Crippen LogP contribution in [0.5, 0.6) is 0 Å². The molecule has 2 atom stereocenters. The zero-order chi connectivity index (χ0) is 15.5. The molecule has 1 aliphatic rings. The Labute approximate surface area is 140 Å². The van der Waals surface area contributed by atoms with Crippen molar-refractivity contribution in [2.75, 3.05) is 26.3 Å². The first kappa shape index (κ1) is 17.2. The van der Waals surface area contributed by atoms with Crippen molar-refractivity contribution in [2.45, 2.75) is 38.3 Å². The van der Waals surface area contributed by atoms with Gasteiger partial charge in [-0.1, -0.05) is 40.5 Å². The van der Waals surface area contributed by atoms with Gasteiger partial charge in [0.2, 0.25) is 0 Å². The average Bonchev–Trinajstić information content (AvgIpc) is 2.50. The Morgan fingerprint density at radius 2 is 2.10 bits per heavy atom. The van der Waals surface area contributed by atoms with E-state index < -0.39 is 0 Å². The highest BCUT2D eigenvalue weighted by Crippen LogP contribution is 2.29. The van der Waals surface area contributed by atoms with Crippen molar-refractivity contribution in [1.29, 1.82) is 0 Å². The number of nitrogens with zero attached hydrogens (tertiary/aromatic N) is 1. The fourth-order valence-corrected chi connectivity index (χ4v) is 3.69. The second kappa shape index (κ2) is 7.42. The van der Waals surface area contributed by atoms with Crippen LogP contribution in [-0.4, -0.2) is 42.8 Å². The number of morpholine rings is 1. The average molecular weight is 376 g/mol. The van der Waals surface area contributed by atoms with Crippen LogP contribution >= 0.6 is 27.5 Å². The number of halogens is 2. The Balaban J connectivity index is 2.13. The van der Waals surface area contributed by atoms with E-state index in [9.17, 15) is 0 Å². The molecule has 21 heavy (non-hydrogen) atoms. The third-order valence-corrected chi connectivity index (χ3v) is 5.55. The Bertz CT molecular complexity index is 479. The second-order valence-corrected chi connectivity index (χ2v) is 7.18. The third-order valence-electron chi connectivity index (χ3n) is 4.70. The highest BCUT2D eigenvalue weighted by molar-refractivity contribution is 9.10. The van der Waals surface area contributed by atoms with E-state index in [0.717, 1.165) is 54.2 Å². The minimum atomic E-state index is -0.0276. The highest BCUT2D eigenvalue weighted by atomic mass is 79.9. The van der Waals surface area contributed by atoms with Crippen molar-refractivity contribution in [2.24, 2.45) is 5.73 Å². The molecule has 0 aromatic heterocycles. The van der Waals surface area contributed by atoms with Crippen molar-refractivity contribution in [3.8, 4) is 0 Å². The fourth-order valence-electron chi connectivity index (χ4n) is 2.94. The van der Waals surface area contributed by atoms with Crippen LogP contribution in [0.25, 0.3) is 0 Å². The molecule has 118 valence electrons. The summed E-state index contributed by atoms with van der Waals surface area (Å²) in [7, 11) is 0. The molecule has 0 amide bonds. The zero-order valence-electron chi connectivity index (χ0n) is 12.7. The van der Waals surface area contributed by atoms with E-state index in [2.05, 4.69) is 40.7 Å². The van der Waals surface area contributed by atoms with E-state index in [1.807, 2.05) is 12.1 Å². The van der Waals surface area contributed by atoms with Gasteiger partial charge in [0.15, 0.2) is 0 Å². The first-order valence-corrected chi connectivity index (χ1v) is 8.66. The Morgan fingerprint density at radius 1 is 1.43 bits per heavy atom. The van der Waals surface area contributed by atoms with Crippen molar-refractivity contribution in [3.63, 3.8) is 0 Å². The summed E-state index contributed by atoms with van der Waals surface area (Å²) in [6.45, 7) is 7.95. The zero-order valence-corrected chi connectivity index (χ0v) is 15.1. The number of benzene rings is 1. The van der Waals surface area contributed by atoms with Crippen LogP contribution < -0.4 is 5.73 Å². The third kappa shape index (κ3) is 3.99. The maximum atomic E-state index is 6.58. The molecular formula is C16H24BrClN2O. The summed E-state index contributed by atoms with van der Waals surface area (Å²) in [4.78, 5) is 2.47. The van der Waals surface area contributed by atoms with Crippen LogP contribution in [0, 0.1) is 0 Å². The van der Waals surface area contributed by atoms with Crippen LogP contribution in [-0.2, 0) is 11.2 Å². The monoisotopic (exact) mass is 374 g/mol. The number of hydrogen-bond acceptors (Lipinski definition) is 3. The lowest BCUT2D eigenvalue weighted by molar-refractivity contribution is -0.0272. The topological polar surface area (TPSA) is 38.5 Å². The lowest BCUT2D eigenvalue weighted by Crippen LogP contribution is -2.61. The lowest BCUT2D eigenvalue weighted by atomic mass is 9.84. The van der Waals surface area contributed by atoms with Crippen LogP contribution in [0.15, 0.2) is 22.7 Å². The van der Waals surface area contributed by atoms with Crippen molar-refractivity contribution >= 4 is 27.5 Å². The van der Waals surface area contributed by atoms with E-state index in [0.29, 0.717) is 0 Å². The number of ether oxygens (including phenoxy) is 1. The molecule has 1 aliphatic heterocycles. The molecule has 1 aromatic carbocycles. The van der Waals surface area contributed by atoms with Crippen molar-refractivity contribution < 1.29 is 4.74 Å². The normalized spacial score (nSPS) is 21.0. The van der Waals surface area contributed by atoms with Gasteiger partial charge in [-0.25, -0.2) is 0 Å². The molecule has 0 radical (unpaired) electrons. The van der Waals surface area contributed by atoms with E-state index in [4.69, 9.17) is 22.1 Å². The molecular weight excluding hydrogens is 352 g/mol. The van der Waals surface area contributed by atoms with E-state index in [1.54, 1.807) is 0 Å². The Hall–Kier alpha value is -0.130. The predicted octanol–water partition coefficient (Wildman–Crippen LogP) is 3.47. The van der Waals surface area contributed by atoms with Gasteiger partial charge in [-0.3, -0.25) is 4.90 Å². The number of hydrogen-bond donors (Lipinski definition) is 1. The number of rotatable bonds is 5. The Morgan fingerprint density at radius 3 is 2.67 bits per heavy atom. The van der Waals surface area contributed by atoms with Gasteiger partial charge in [0, 0.05) is 34.2 Å². The molecule has 1 fully saturated rings. The maximum absolute atomic E-state index is 6.58. The van der Waals surface area contributed by atoms with Crippen LogP contribution in [0.3, 0.4) is 0 Å². The summed E-state index contributed by atoms with van der Waals surface area (Å²) in [6.07, 6.45) is 1.80. The molecule has 0 saturated carbocycles. The van der Waals surface area contributed by atoms with Crippen LogP contribution in [0.1, 0.15) is 25.8 Å². The van der Waals surface area contributed by atoms with E-state index in [-0.39, 0.29) is 11.6 Å². The molecule has 2 N–H and O–H groups in total. The van der Waals surface area contributed by atoms with Gasteiger partial charge >= 0.3 is 0 Å². The SMILES string of the molecule is CCC(C)(C(N)Cc1ccc(Br)cc1Cl)N1CCOCC1. The van der Waals surface area contributed by atoms with Crippen molar-refractivity contribution in [3.05, 3.63) is 33.3 Å². The van der Waals surface area contributed by atoms with E-state index in [1.165, 1.54) is 0 Å². The van der Waals surface area contributed by atoms with E-state index >= 15 is 0 Å². The smallest absolute Gasteiger partial charge is 0.0594 e. The summed E-state index contributed by atoms with van der Waals surface area (Å²) >= 11 is 9.77. The first-order valence-electron chi connectivity index (χ1n) is 7.49. The molecule has 0 bridgehead atoms. The summed E-state index contributed by atoms with van der Waals surface area (Å²) in [5.74, 6) is 0. The van der Waals surface area contributed by atoms with Crippen LogP contribution in [0.4, 0.5) is 0 Å². The molecule has 0 aliphatic carbocycles. The fraction of sp³-hybridized carbons (Fsp3) is 0.625.